The molecule has 3 heteroatoms. The minimum absolute atomic E-state index is 0.969. The lowest BCUT2D eigenvalue weighted by molar-refractivity contribution is 1.14. The highest BCUT2D eigenvalue weighted by Crippen LogP contribution is 2.39. The molecule has 0 aliphatic carbocycles. The number of pyridine rings is 1. The summed E-state index contributed by atoms with van der Waals surface area (Å²) in [5.74, 6) is 0. The summed E-state index contributed by atoms with van der Waals surface area (Å²) in [6, 6.07) is 47.3. The molecule has 0 aliphatic heterocycles. The molecule has 0 unspecified atom stereocenters. The Morgan fingerprint density at radius 1 is 0.447 bits per heavy atom. The summed E-state index contributed by atoms with van der Waals surface area (Å²) < 4.78 is 4.65. The van der Waals surface area contributed by atoms with E-state index in [-0.39, 0.29) is 0 Å². The minimum Gasteiger partial charge on any atom is -0.309 e. The second kappa shape index (κ2) is 8.19. The van der Waals surface area contributed by atoms with Crippen molar-refractivity contribution in [2.24, 2.45) is 0 Å². The standard InChI is InChI=1S/C35H23N3/c1-3-12-25(13-4-1)37-32-20-9-7-16-28(32)30-19-11-18-27(34(30)37)24-22-31-29-17-8-10-21-33(29)38(35(31)36-23-24)26-14-5-2-6-15-26/h1-23H. The average Bonchev–Trinajstić information content (AvgIpc) is 3.51. The van der Waals surface area contributed by atoms with Gasteiger partial charge in [-0.15, -0.1) is 0 Å². The van der Waals surface area contributed by atoms with Gasteiger partial charge in [0.05, 0.1) is 16.6 Å². The van der Waals surface area contributed by atoms with Crippen molar-refractivity contribution in [2.75, 3.05) is 0 Å². The molecule has 38 heavy (non-hydrogen) atoms. The fourth-order valence-electron chi connectivity index (χ4n) is 5.93. The number of rotatable bonds is 3. The van der Waals surface area contributed by atoms with Crippen LogP contribution in [0.15, 0.2) is 140 Å². The summed E-state index contributed by atoms with van der Waals surface area (Å²) in [7, 11) is 0. The highest BCUT2D eigenvalue weighted by Gasteiger charge is 2.18. The van der Waals surface area contributed by atoms with Gasteiger partial charge in [0, 0.05) is 50.2 Å². The van der Waals surface area contributed by atoms with Crippen LogP contribution in [-0.4, -0.2) is 14.1 Å². The van der Waals surface area contributed by atoms with E-state index in [9.17, 15) is 0 Å². The molecule has 0 aliphatic rings. The molecule has 8 aromatic rings. The molecular weight excluding hydrogens is 462 g/mol. The number of aromatic nitrogens is 3. The van der Waals surface area contributed by atoms with Crippen LogP contribution in [0.2, 0.25) is 0 Å². The van der Waals surface area contributed by atoms with Crippen molar-refractivity contribution in [3.63, 3.8) is 0 Å². The fraction of sp³-hybridized carbons (Fsp3) is 0. The van der Waals surface area contributed by atoms with E-state index >= 15 is 0 Å². The van der Waals surface area contributed by atoms with Gasteiger partial charge in [-0.2, -0.15) is 0 Å². The van der Waals surface area contributed by atoms with Crippen LogP contribution >= 0.6 is 0 Å². The third-order valence-corrected chi connectivity index (χ3v) is 7.55. The van der Waals surface area contributed by atoms with Gasteiger partial charge in [-0.1, -0.05) is 91.0 Å². The quantitative estimate of drug-likeness (QED) is 0.245. The summed E-state index contributed by atoms with van der Waals surface area (Å²) in [6.07, 6.45) is 2.03. The lowest BCUT2D eigenvalue weighted by Gasteiger charge is -2.12. The number of hydrogen-bond donors (Lipinski definition) is 0. The molecule has 3 nitrogen and oxygen atoms in total. The van der Waals surface area contributed by atoms with Crippen LogP contribution in [0, 0.1) is 0 Å². The lowest BCUT2D eigenvalue weighted by atomic mass is 10.0. The predicted octanol–water partition coefficient (Wildman–Crippen LogP) is 8.94. The number of nitrogens with zero attached hydrogens (tertiary/aromatic N) is 3. The summed E-state index contributed by atoms with van der Waals surface area (Å²) in [6.45, 7) is 0. The molecule has 0 N–H and O–H groups in total. The molecule has 0 bridgehead atoms. The Morgan fingerprint density at radius 3 is 1.71 bits per heavy atom. The van der Waals surface area contributed by atoms with Crippen LogP contribution in [-0.2, 0) is 0 Å². The highest BCUT2D eigenvalue weighted by atomic mass is 15.0. The van der Waals surface area contributed by atoms with Gasteiger partial charge in [0.25, 0.3) is 0 Å². The van der Waals surface area contributed by atoms with Gasteiger partial charge in [0.15, 0.2) is 0 Å². The van der Waals surface area contributed by atoms with E-state index in [4.69, 9.17) is 4.98 Å². The van der Waals surface area contributed by atoms with E-state index < -0.39 is 0 Å². The predicted molar refractivity (Wildman–Crippen MR) is 158 cm³/mol. The summed E-state index contributed by atoms with van der Waals surface area (Å²) in [4.78, 5) is 5.09. The maximum atomic E-state index is 5.09. The number of hydrogen-bond acceptors (Lipinski definition) is 1. The van der Waals surface area contributed by atoms with Crippen molar-refractivity contribution >= 4 is 43.7 Å². The first kappa shape index (κ1) is 21.0. The zero-order valence-electron chi connectivity index (χ0n) is 20.6. The van der Waals surface area contributed by atoms with Crippen molar-refractivity contribution in [1.82, 2.24) is 14.1 Å². The number of fused-ring (bicyclic) bond motifs is 6. The topological polar surface area (TPSA) is 22.8 Å². The number of para-hydroxylation sites is 5. The molecule has 3 heterocycles. The van der Waals surface area contributed by atoms with Crippen LogP contribution in [0.25, 0.3) is 66.2 Å². The van der Waals surface area contributed by atoms with Crippen molar-refractivity contribution in [1.29, 1.82) is 0 Å². The molecule has 178 valence electrons. The monoisotopic (exact) mass is 485 g/mol. The average molecular weight is 486 g/mol. The third-order valence-electron chi connectivity index (χ3n) is 7.55. The van der Waals surface area contributed by atoms with Crippen LogP contribution in [0.1, 0.15) is 0 Å². The van der Waals surface area contributed by atoms with Crippen molar-refractivity contribution in [3.05, 3.63) is 140 Å². The molecule has 5 aromatic carbocycles. The molecule has 0 saturated carbocycles. The van der Waals surface area contributed by atoms with E-state index in [1.165, 1.54) is 32.8 Å². The molecule has 0 saturated heterocycles. The first-order valence-corrected chi connectivity index (χ1v) is 12.9. The summed E-state index contributed by atoms with van der Waals surface area (Å²) in [5.41, 5.74) is 9.09. The molecule has 0 spiro atoms. The maximum Gasteiger partial charge on any atom is 0.145 e. The van der Waals surface area contributed by atoms with Crippen molar-refractivity contribution in [3.8, 4) is 22.5 Å². The van der Waals surface area contributed by atoms with Crippen molar-refractivity contribution in [2.45, 2.75) is 0 Å². The minimum atomic E-state index is 0.969. The summed E-state index contributed by atoms with van der Waals surface area (Å²) >= 11 is 0. The lowest BCUT2D eigenvalue weighted by Crippen LogP contribution is -1.96. The molecule has 8 rings (SSSR count). The normalized spacial score (nSPS) is 11.7. The molecule has 0 amide bonds. The van der Waals surface area contributed by atoms with E-state index in [1.54, 1.807) is 0 Å². The third kappa shape index (κ3) is 2.99. The van der Waals surface area contributed by atoms with Gasteiger partial charge >= 0.3 is 0 Å². The molecule has 3 aromatic heterocycles. The van der Waals surface area contributed by atoms with Crippen LogP contribution < -0.4 is 0 Å². The first-order valence-electron chi connectivity index (χ1n) is 12.9. The van der Waals surface area contributed by atoms with Gasteiger partial charge in [0.1, 0.15) is 5.65 Å². The van der Waals surface area contributed by atoms with E-state index in [1.807, 2.05) is 6.20 Å². The largest absolute Gasteiger partial charge is 0.309 e. The van der Waals surface area contributed by atoms with Gasteiger partial charge in [0.2, 0.25) is 0 Å². The Hall–Kier alpha value is -5.15. The Kier molecular flexibility index (Phi) is 4.52. The van der Waals surface area contributed by atoms with E-state index in [0.717, 1.165) is 33.5 Å². The number of benzene rings is 5. The Balaban J connectivity index is 1.46. The van der Waals surface area contributed by atoms with E-state index in [0.29, 0.717) is 0 Å². The van der Waals surface area contributed by atoms with Crippen LogP contribution in [0.3, 0.4) is 0 Å². The smallest absolute Gasteiger partial charge is 0.145 e. The Labute approximate surface area is 219 Å². The first-order chi connectivity index (χ1) is 18.9. The zero-order valence-corrected chi connectivity index (χ0v) is 20.6. The van der Waals surface area contributed by atoms with E-state index in [2.05, 4.69) is 143 Å². The molecule has 0 radical (unpaired) electrons. The molecule has 0 atom stereocenters. The second-order valence-electron chi connectivity index (χ2n) is 9.67. The van der Waals surface area contributed by atoms with Crippen LogP contribution in [0.4, 0.5) is 0 Å². The van der Waals surface area contributed by atoms with Gasteiger partial charge in [-0.25, -0.2) is 4.98 Å². The molecule has 0 fully saturated rings. The fourth-order valence-corrected chi connectivity index (χ4v) is 5.93. The van der Waals surface area contributed by atoms with Gasteiger partial charge in [-0.3, -0.25) is 4.57 Å². The molecular formula is C35H23N3. The van der Waals surface area contributed by atoms with Gasteiger partial charge < -0.3 is 4.57 Å². The Morgan fingerprint density at radius 2 is 1.00 bits per heavy atom. The zero-order chi connectivity index (χ0) is 25.1. The van der Waals surface area contributed by atoms with Crippen LogP contribution in [0.5, 0.6) is 0 Å². The van der Waals surface area contributed by atoms with Crippen molar-refractivity contribution < 1.29 is 0 Å². The summed E-state index contributed by atoms with van der Waals surface area (Å²) in [5, 5.41) is 4.86. The SMILES string of the molecule is c1ccc(-n2c3ccccc3c3cc(-c4cccc5c6ccccc6n(-c6ccccc6)c45)cnc32)cc1. The van der Waals surface area contributed by atoms with Gasteiger partial charge in [-0.05, 0) is 42.5 Å². The highest BCUT2D eigenvalue weighted by molar-refractivity contribution is 6.15. The second-order valence-corrected chi connectivity index (χ2v) is 9.67. The maximum absolute atomic E-state index is 5.09. The Bertz CT molecular complexity index is 2120.